The van der Waals surface area contributed by atoms with Crippen molar-refractivity contribution in [2.24, 2.45) is 13.0 Å². The van der Waals surface area contributed by atoms with Crippen molar-refractivity contribution in [1.82, 2.24) is 14.1 Å². The Morgan fingerprint density at radius 1 is 1.14 bits per heavy atom. The van der Waals surface area contributed by atoms with Crippen molar-refractivity contribution in [3.8, 4) is 29.1 Å². The highest BCUT2D eigenvalue weighted by Crippen LogP contribution is 2.40. The zero-order chi connectivity index (χ0) is 24.2. The monoisotopic (exact) mass is 487 g/mol. The Labute approximate surface area is 203 Å². The van der Waals surface area contributed by atoms with Crippen LogP contribution in [-0.4, -0.2) is 27.8 Å². The zero-order valence-corrected chi connectivity index (χ0v) is 20.1. The number of imidazole rings is 1. The molecule has 8 nitrogen and oxygen atoms in total. The average molecular weight is 488 g/mol. The maximum atomic E-state index is 12.3. The molecule has 0 atom stereocenters. The van der Waals surface area contributed by atoms with Gasteiger partial charge in [-0.15, -0.1) is 0 Å². The smallest absolute Gasteiger partial charge is 0.301 e. The van der Waals surface area contributed by atoms with Gasteiger partial charge in [-0.25, -0.2) is 13.4 Å². The number of anilines is 1. The molecule has 0 spiro atoms. The summed E-state index contributed by atoms with van der Waals surface area (Å²) in [4.78, 5) is 4.24. The number of rotatable bonds is 8. The van der Waals surface area contributed by atoms with Gasteiger partial charge in [-0.1, -0.05) is 12.1 Å². The third kappa shape index (κ3) is 4.15. The summed E-state index contributed by atoms with van der Waals surface area (Å²) in [5, 5.41) is 10.7. The third-order valence-electron chi connectivity index (χ3n) is 6.65. The van der Waals surface area contributed by atoms with Crippen LogP contribution in [0.3, 0.4) is 0 Å². The lowest BCUT2D eigenvalue weighted by Crippen LogP contribution is -2.17. The van der Waals surface area contributed by atoms with Crippen LogP contribution in [0.25, 0.3) is 22.2 Å². The van der Waals surface area contributed by atoms with E-state index in [1.54, 1.807) is 22.9 Å². The van der Waals surface area contributed by atoms with E-state index in [0.29, 0.717) is 41.8 Å². The fraction of sp³-hybridized carbons (Fsp3) is 0.308. The molecule has 0 radical (unpaired) electrons. The van der Waals surface area contributed by atoms with Crippen LogP contribution >= 0.6 is 0 Å². The van der Waals surface area contributed by atoms with Crippen LogP contribution < -0.4 is 9.46 Å². The molecule has 2 aromatic heterocycles. The van der Waals surface area contributed by atoms with Crippen LogP contribution in [0.15, 0.2) is 54.9 Å². The molecule has 4 aromatic rings. The summed E-state index contributed by atoms with van der Waals surface area (Å²) in [5.74, 6) is 1.24. The van der Waals surface area contributed by atoms with Crippen molar-refractivity contribution in [2.75, 3.05) is 4.72 Å². The minimum Gasteiger partial charge on any atom is -0.425 e. The first kappa shape index (κ1) is 21.7. The number of hydrogen-bond acceptors (Lipinski definition) is 5. The first-order chi connectivity index (χ1) is 16.9. The predicted octanol–water partition coefficient (Wildman–Crippen LogP) is 5.02. The SMILES string of the molecule is Cn1ccnc1Oc1ccc2c(C#N)c(-c3ccc(NS(=O)(=O)C4CC4)cc3)n(CC3CC3)c2c1. The topological polar surface area (TPSA) is 102 Å². The van der Waals surface area contributed by atoms with Crippen LogP contribution in [0.5, 0.6) is 11.8 Å². The van der Waals surface area contributed by atoms with Gasteiger partial charge in [0.1, 0.15) is 11.8 Å². The largest absolute Gasteiger partial charge is 0.425 e. The number of nitrogens with one attached hydrogen (secondary N) is 1. The van der Waals surface area contributed by atoms with Gasteiger partial charge in [-0.05, 0) is 61.4 Å². The molecule has 0 aliphatic heterocycles. The molecule has 35 heavy (non-hydrogen) atoms. The second-order valence-corrected chi connectivity index (χ2v) is 11.4. The molecule has 6 rings (SSSR count). The lowest BCUT2D eigenvalue weighted by Gasteiger charge is -2.13. The molecule has 0 amide bonds. The highest BCUT2D eigenvalue weighted by molar-refractivity contribution is 7.93. The summed E-state index contributed by atoms with van der Waals surface area (Å²) in [7, 11) is -1.45. The molecular weight excluding hydrogens is 462 g/mol. The Balaban J connectivity index is 1.42. The lowest BCUT2D eigenvalue weighted by molar-refractivity contribution is 0.425. The maximum Gasteiger partial charge on any atom is 0.301 e. The number of benzene rings is 2. The molecule has 178 valence electrons. The summed E-state index contributed by atoms with van der Waals surface area (Å²) in [6.07, 6.45) is 7.28. The number of hydrogen-bond donors (Lipinski definition) is 1. The van der Waals surface area contributed by atoms with Crippen molar-refractivity contribution in [3.63, 3.8) is 0 Å². The number of ether oxygens (including phenoxy) is 1. The Bertz CT molecular complexity index is 1570. The zero-order valence-electron chi connectivity index (χ0n) is 19.3. The van der Waals surface area contributed by atoms with Crippen molar-refractivity contribution < 1.29 is 13.2 Å². The fourth-order valence-corrected chi connectivity index (χ4v) is 5.82. The Morgan fingerprint density at radius 3 is 2.54 bits per heavy atom. The van der Waals surface area contributed by atoms with Gasteiger partial charge < -0.3 is 13.9 Å². The molecule has 2 aromatic carbocycles. The van der Waals surface area contributed by atoms with E-state index in [0.717, 1.165) is 28.7 Å². The minimum absolute atomic E-state index is 0.282. The standard InChI is InChI=1S/C26H25N5O3S/c1-30-13-12-28-26(30)34-20-8-11-22-23(15-27)25(31(24(22)14-20)16-17-2-3-17)18-4-6-19(7-5-18)29-35(32,33)21-9-10-21/h4-8,11-14,17,21,29H,2-3,9-10,16H2,1H3. The van der Waals surface area contributed by atoms with Gasteiger partial charge in [-0.2, -0.15) is 5.26 Å². The van der Waals surface area contributed by atoms with Crippen molar-refractivity contribution in [3.05, 3.63) is 60.4 Å². The second-order valence-electron chi connectivity index (χ2n) is 9.41. The van der Waals surface area contributed by atoms with E-state index in [9.17, 15) is 13.7 Å². The van der Waals surface area contributed by atoms with Crippen LogP contribution in [0, 0.1) is 17.2 Å². The molecule has 2 aliphatic carbocycles. The maximum absolute atomic E-state index is 12.3. The van der Waals surface area contributed by atoms with Gasteiger partial charge in [0.15, 0.2) is 0 Å². The van der Waals surface area contributed by atoms with E-state index in [4.69, 9.17) is 4.74 Å². The van der Waals surface area contributed by atoms with Gasteiger partial charge in [-0.3, -0.25) is 4.72 Å². The third-order valence-corrected chi connectivity index (χ3v) is 8.52. The van der Waals surface area contributed by atoms with Gasteiger partial charge in [0.05, 0.1) is 22.0 Å². The van der Waals surface area contributed by atoms with Crippen LogP contribution in [0.2, 0.25) is 0 Å². The predicted molar refractivity (Wildman–Crippen MR) is 134 cm³/mol. The molecule has 1 N–H and O–H groups in total. The molecule has 2 saturated carbocycles. The summed E-state index contributed by atoms with van der Waals surface area (Å²) < 4.78 is 37.3. The summed E-state index contributed by atoms with van der Waals surface area (Å²) >= 11 is 0. The molecule has 9 heteroatoms. The highest BCUT2D eigenvalue weighted by atomic mass is 32.2. The first-order valence-electron chi connectivity index (χ1n) is 11.8. The molecule has 0 bridgehead atoms. The molecule has 0 unspecified atom stereocenters. The van der Waals surface area contributed by atoms with E-state index < -0.39 is 10.0 Å². The summed E-state index contributed by atoms with van der Waals surface area (Å²) in [5.41, 5.74) is 3.80. The van der Waals surface area contributed by atoms with E-state index >= 15 is 0 Å². The molecule has 2 heterocycles. The van der Waals surface area contributed by atoms with Gasteiger partial charge in [0.2, 0.25) is 10.0 Å². The summed E-state index contributed by atoms with van der Waals surface area (Å²) in [6, 6.07) is 16.0. The highest BCUT2D eigenvalue weighted by Gasteiger charge is 2.35. The van der Waals surface area contributed by atoms with Crippen molar-refractivity contribution >= 4 is 26.6 Å². The molecule has 0 saturated heterocycles. The van der Waals surface area contributed by atoms with Crippen molar-refractivity contribution in [2.45, 2.75) is 37.5 Å². The number of sulfonamides is 1. The molecule has 2 fully saturated rings. The van der Waals surface area contributed by atoms with E-state index in [-0.39, 0.29) is 5.25 Å². The van der Waals surface area contributed by atoms with E-state index in [1.165, 1.54) is 12.8 Å². The van der Waals surface area contributed by atoms with Gasteiger partial charge in [0.25, 0.3) is 0 Å². The first-order valence-corrected chi connectivity index (χ1v) is 13.3. The number of aromatic nitrogens is 3. The Kier molecular flexibility index (Phi) is 5.07. The fourth-order valence-electron chi connectivity index (χ4n) is 4.43. The van der Waals surface area contributed by atoms with E-state index in [2.05, 4.69) is 20.3 Å². The van der Waals surface area contributed by atoms with Crippen LogP contribution in [0.4, 0.5) is 5.69 Å². The minimum atomic E-state index is -3.32. The quantitative estimate of drug-likeness (QED) is 0.376. The van der Waals surface area contributed by atoms with E-state index in [1.807, 2.05) is 43.6 Å². The van der Waals surface area contributed by atoms with Crippen molar-refractivity contribution in [1.29, 1.82) is 5.26 Å². The number of nitrogens with zero attached hydrogens (tertiary/aromatic N) is 4. The Hall–Kier alpha value is -3.77. The number of aryl methyl sites for hydroxylation is 1. The van der Waals surface area contributed by atoms with Gasteiger partial charge >= 0.3 is 6.01 Å². The Morgan fingerprint density at radius 2 is 1.91 bits per heavy atom. The van der Waals surface area contributed by atoms with Crippen LogP contribution in [0.1, 0.15) is 31.2 Å². The average Bonchev–Trinajstić information content (AvgIpc) is 3.76. The number of fused-ring (bicyclic) bond motifs is 1. The second kappa shape index (κ2) is 8.17. The normalized spacial score (nSPS) is 15.8. The lowest BCUT2D eigenvalue weighted by atomic mass is 10.1. The summed E-state index contributed by atoms with van der Waals surface area (Å²) in [6.45, 7) is 0.815. The molecule has 2 aliphatic rings. The molecular formula is C26H25N5O3S. The van der Waals surface area contributed by atoms with Crippen LogP contribution in [-0.2, 0) is 23.6 Å². The number of nitriles is 1. The van der Waals surface area contributed by atoms with Gasteiger partial charge in [0, 0.05) is 43.1 Å².